The fourth-order valence-corrected chi connectivity index (χ4v) is 3.75. The van der Waals surface area contributed by atoms with E-state index in [0.29, 0.717) is 11.8 Å². The summed E-state index contributed by atoms with van der Waals surface area (Å²) in [5.74, 6) is 0. The lowest BCUT2D eigenvalue weighted by Gasteiger charge is -2.22. The monoisotopic (exact) mass is 389 g/mol. The quantitative estimate of drug-likeness (QED) is 0.779. The van der Waals surface area contributed by atoms with E-state index in [0.717, 1.165) is 21.9 Å². The number of amides is 2. The zero-order valence-corrected chi connectivity index (χ0v) is 14.8. The Morgan fingerprint density at radius 2 is 1.83 bits per heavy atom. The number of hydrogen-bond donors (Lipinski definition) is 1. The molecule has 0 unspecified atom stereocenters. The van der Waals surface area contributed by atoms with Crippen LogP contribution in [0.2, 0.25) is 0 Å². The summed E-state index contributed by atoms with van der Waals surface area (Å²) in [5.41, 5.74) is 1.57. The van der Waals surface area contributed by atoms with E-state index in [-0.39, 0.29) is 6.03 Å². The highest BCUT2D eigenvalue weighted by Crippen LogP contribution is 2.29. The molecule has 23 heavy (non-hydrogen) atoms. The summed E-state index contributed by atoms with van der Waals surface area (Å²) in [4.78, 5) is 19.0. The van der Waals surface area contributed by atoms with Crippen molar-refractivity contribution < 1.29 is 4.79 Å². The van der Waals surface area contributed by atoms with Crippen LogP contribution in [0.1, 0.15) is 0 Å². The normalized spacial score (nSPS) is 16.7. The molecule has 0 fully saturated rings. The van der Waals surface area contributed by atoms with Gasteiger partial charge < -0.3 is 5.32 Å². The molecule has 4 nitrogen and oxygen atoms in total. The first kappa shape index (κ1) is 16.1. The van der Waals surface area contributed by atoms with Crippen LogP contribution >= 0.6 is 27.7 Å². The van der Waals surface area contributed by atoms with E-state index in [2.05, 4.69) is 26.2 Å². The lowest BCUT2D eigenvalue weighted by molar-refractivity contribution is 0.259. The predicted octanol–water partition coefficient (Wildman–Crippen LogP) is 4.59. The molecule has 2 amide bonds. The van der Waals surface area contributed by atoms with Gasteiger partial charge in [0.1, 0.15) is 0 Å². The van der Waals surface area contributed by atoms with Crippen molar-refractivity contribution in [3.63, 3.8) is 0 Å². The van der Waals surface area contributed by atoms with Gasteiger partial charge >= 0.3 is 6.03 Å². The van der Waals surface area contributed by atoms with E-state index in [1.807, 2.05) is 60.7 Å². The fraction of sp³-hybridized carbons (Fsp3) is 0.176. The molecule has 0 spiro atoms. The van der Waals surface area contributed by atoms with Gasteiger partial charge in [0, 0.05) is 16.3 Å². The first-order valence-corrected chi connectivity index (χ1v) is 9.26. The summed E-state index contributed by atoms with van der Waals surface area (Å²) in [7, 11) is 0. The van der Waals surface area contributed by atoms with Gasteiger partial charge in [-0.05, 0) is 24.3 Å². The fourth-order valence-electron chi connectivity index (χ4n) is 2.20. The second-order valence-electron chi connectivity index (χ2n) is 4.98. The number of halogens is 1. The first-order chi connectivity index (χ1) is 11.3. The number of amidine groups is 1. The van der Waals surface area contributed by atoms with E-state index in [1.54, 1.807) is 16.7 Å². The van der Waals surface area contributed by atoms with Gasteiger partial charge in [-0.25, -0.2) is 9.69 Å². The molecular formula is C17H16BrN3OS. The minimum Gasteiger partial charge on any atom is -0.307 e. The molecule has 0 bridgehead atoms. The van der Waals surface area contributed by atoms with Gasteiger partial charge in [0.05, 0.1) is 12.2 Å². The van der Waals surface area contributed by atoms with Gasteiger partial charge in [0.25, 0.3) is 0 Å². The van der Waals surface area contributed by atoms with Crippen molar-refractivity contribution in [2.75, 3.05) is 22.1 Å². The Morgan fingerprint density at radius 1 is 1.17 bits per heavy atom. The first-order valence-electron chi connectivity index (χ1n) is 7.26. The van der Waals surface area contributed by atoms with E-state index in [9.17, 15) is 4.79 Å². The Kier molecular flexibility index (Phi) is 5.35. The van der Waals surface area contributed by atoms with Crippen molar-refractivity contribution in [2.45, 2.75) is 5.25 Å². The number of carbonyl (C=O) groups is 1. The number of benzene rings is 2. The smallest absolute Gasteiger partial charge is 0.307 e. The molecule has 2 aromatic rings. The molecule has 1 atom stereocenters. The second-order valence-corrected chi connectivity index (χ2v) is 6.90. The molecule has 6 heteroatoms. The van der Waals surface area contributed by atoms with Gasteiger partial charge in [0.2, 0.25) is 0 Å². The molecule has 3 rings (SSSR count). The second kappa shape index (κ2) is 7.66. The van der Waals surface area contributed by atoms with Crippen LogP contribution in [0.15, 0.2) is 65.7 Å². The van der Waals surface area contributed by atoms with Crippen LogP contribution in [-0.4, -0.2) is 28.3 Å². The van der Waals surface area contributed by atoms with Gasteiger partial charge in [-0.3, -0.25) is 4.99 Å². The zero-order chi connectivity index (χ0) is 16.1. The van der Waals surface area contributed by atoms with Gasteiger partial charge in [0.15, 0.2) is 5.17 Å². The summed E-state index contributed by atoms with van der Waals surface area (Å²) in [5, 5.41) is 4.88. The van der Waals surface area contributed by atoms with Gasteiger partial charge in [-0.1, -0.05) is 64.1 Å². The van der Waals surface area contributed by atoms with Crippen LogP contribution in [0.4, 0.5) is 16.2 Å². The molecule has 0 aliphatic carbocycles. The van der Waals surface area contributed by atoms with Crippen molar-refractivity contribution >= 4 is 50.3 Å². The Hall–Kier alpha value is -1.79. The molecule has 1 aliphatic rings. The number of nitrogens with one attached hydrogen (secondary N) is 1. The van der Waals surface area contributed by atoms with Gasteiger partial charge in [-0.15, -0.1) is 0 Å². The maximum absolute atomic E-state index is 12.8. The predicted molar refractivity (Wildman–Crippen MR) is 102 cm³/mol. The number of anilines is 2. The lowest BCUT2D eigenvalue weighted by Crippen LogP contribution is -2.38. The third-order valence-corrected chi connectivity index (χ3v) is 5.69. The molecule has 1 heterocycles. The van der Waals surface area contributed by atoms with Crippen molar-refractivity contribution in [3.8, 4) is 0 Å². The highest BCUT2D eigenvalue weighted by molar-refractivity contribution is 9.09. The van der Waals surface area contributed by atoms with E-state index >= 15 is 0 Å². The van der Waals surface area contributed by atoms with Crippen LogP contribution in [0, 0.1) is 0 Å². The molecule has 0 saturated heterocycles. The number of para-hydroxylation sites is 2. The molecule has 0 saturated carbocycles. The SMILES string of the molecule is O=C(Nc1ccccc1)N(C1=NC[C@H](CBr)S1)c1ccccc1. The zero-order valence-electron chi connectivity index (χ0n) is 12.4. The number of rotatable bonds is 3. The maximum atomic E-state index is 12.8. The molecule has 118 valence electrons. The number of thioether (sulfide) groups is 1. The summed E-state index contributed by atoms with van der Waals surface area (Å²) >= 11 is 5.11. The van der Waals surface area contributed by atoms with Crippen molar-refractivity contribution in [1.82, 2.24) is 0 Å². The van der Waals surface area contributed by atoms with E-state index in [4.69, 9.17) is 0 Å². The largest absolute Gasteiger partial charge is 0.332 e. The summed E-state index contributed by atoms with van der Waals surface area (Å²) in [6.07, 6.45) is 0. The van der Waals surface area contributed by atoms with Crippen LogP contribution in [-0.2, 0) is 0 Å². The number of aliphatic imine (C=N–C) groups is 1. The third-order valence-electron chi connectivity index (χ3n) is 3.31. The highest BCUT2D eigenvalue weighted by Gasteiger charge is 2.28. The molecular weight excluding hydrogens is 374 g/mol. The van der Waals surface area contributed by atoms with Crippen molar-refractivity contribution in [1.29, 1.82) is 0 Å². The topological polar surface area (TPSA) is 44.7 Å². The van der Waals surface area contributed by atoms with Crippen molar-refractivity contribution in [2.24, 2.45) is 4.99 Å². The molecule has 1 aliphatic heterocycles. The Balaban J connectivity index is 1.85. The summed E-state index contributed by atoms with van der Waals surface area (Å²) in [6, 6.07) is 18.8. The van der Waals surface area contributed by atoms with Crippen LogP contribution in [0.3, 0.4) is 0 Å². The summed E-state index contributed by atoms with van der Waals surface area (Å²) < 4.78 is 0. The average Bonchev–Trinajstić information content (AvgIpc) is 3.05. The molecule has 1 N–H and O–H groups in total. The Labute approximate surface area is 148 Å². The van der Waals surface area contributed by atoms with E-state index in [1.165, 1.54) is 0 Å². The Morgan fingerprint density at radius 3 is 2.43 bits per heavy atom. The standard InChI is InChI=1S/C17H16BrN3OS/c18-11-15-12-19-17(23-15)21(14-9-5-2-6-10-14)16(22)20-13-7-3-1-4-8-13/h1-10,15H,11-12H2,(H,20,22)/t15-/m0/s1. The minimum atomic E-state index is -0.205. The highest BCUT2D eigenvalue weighted by atomic mass is 79.9. The number of carbonyl (C=O) groups excluding carboxylic acids is 1. The molecule has 2 aromatic carbocycles. The third kappa shape index (κ3) is 3.95. The van der Waals surface area contributed by atoms with Crippen molar-refractivity contribution in [3.05, 3.63) is 60.7 Å². The van der Waals surface area contributed by atoms with Gasteiger partial charge in [-0.2, -0.15) is 0 Å². The number of hydrogen-bond acceptors (Lipinski definition) is 3. The van der Waals surface area contributed by atoms with Crippen LogP contribution in [0.5, 0.6) is 0 Å². The van der Waals surface area contributed by atoms with Crippen LogP contribution < -0.4 is 10.2 Å². The molecule has 0 radical (unpaired) electrons. The number of nitrogens with zero attached hydrogens (tertiary/aromatic N) is 2. The Bertz CT molecular complexity index is 693. The lowest BCUT2D eigenvalue weighted by atomic mass is 10.3. The number of alkyl halides is 1. The maximum Gasteiger partial charge on any atom is 0.332 e. The molecule has 0 aromatic heterocycles. The number of urea groups is 1. The summed E-state index contributed by atoms with van der Waals surface area (Å²) in [6.45, 7) is 0.715. The van der Waals surface area contributed by atoms with E-state index < -0.39 is 0 Å². The average molecular weight is 390 g/mol. The minimum absolute atomic E-state index is 0.205. The van der Waals surface area contributed by atoms with Crippen LogP contribution in [0.25, 0.3) is 0 Å².